The highest BCUT2D eigenvalue weighted by atomic mass is 35.5. The molecule has 0 radical (unpaired) electrons. The molecule has 11 heteroatoms. The van der Waals surface area contributed by atoms with Gasteiger partial charge in [0.15, 0.2) is 5.15 Å². The normalized spacial score (nSPS) is 20.0. The van der Waals surface area contributed by atoms with E-state index in [4.69, 9.17) is 27.9 Å². The minimum Gasteiger partial charge on any atom is -0.478 e. The third-order valence-corrected chi connectivity index (χ3v) is 7.73. The zero-order valence-corrected chi connectivity index (χ0v) is 19.8. The number of aromatic nitrogens is 2. The van der Waals surface area contributed by atoms with Crippen molar-refractivity contribution in [1.29, 1.82) is 0 Å². The lowest BCUT2D eigenvalue weighted by Gasteiger charge is -2.38. The van der Waals surface area contributed by atoms with Crippen LogP contribution in [0, 0.1) is 0 Å². The molecule has 1 N–H and O–H groups in total. The van der Waals surface area contributed by atoms with Gasteiger partial charge >= 0.3 is 11.9 Å². The average molecular weight is 502 g/mol. The van der Waals surface area contributed by atoms with Crippen molar-refractivity contribution in [1.82, 2.24) is 15.1 Å². The third kappa shape index (κ3) is 7.11. The van der Waals surface area contributed by atoms with Gasteiger partial charge in [0.25, 0.3) is 0 Å². The van der Waals surface area contributed by atoms with Crippen LogP contribution in [0.1, 0.15) is 6.42 Å². The number of rotatable bonds is 9. The number of allylic oxidation sites excluding steroid dienone is 2. The fraction of sp³-hybridized carbons (Fsp3) is 0.300. The van der Waals surface area contributed by atoms with Gasteiger partial charge in [-0.2, -0.15) is 0 Å². The number of carbonyl (C=O) groups is 2. The summed E-state index contributed by atoms with van der Waals surface area (Å²) in [6, 6.07) is 2.56. The summed E-state index contributed by atoms with van der Waals surface area (Å²) in [6.45, 7) is 8.15. The molecule has 1 aromatic rings. The number of likely N-dealkylation sites (tertiary alicyclic amines) is 1. The molecule has 2 rings (SSSR count). The summed E-state index contributed by atoms with van der Waals surface area (Å²) in [5, 5.41) is 18.3. The Balaban J connectivity index is 2.26. The molecule has 1 fully saturated rings. The smallest absolute Gasteiger partial charge is 0.328 e. The van der Waals surface area contributed by atoms with Crippen molar-refractivity contribution in [2.24, 2.45) is 0 Å². The summed E-state index contributed by atoms with van der Waals surface area (Å²) in [7, 11) is 4.16. The van der Waals surface area contributed by atoms with Crippen LogP contribution < -0.4 is 0 Å². The third-order valence-electron chi connectivity index (χ3n) is 4.40. The van der Waals surface area contributed by atoms with Gasteiger partial charge in [-0.25, -0.2) is 9.59 Å². The lowest BCUT2D eigenvalue weighted by atomic mass is 9.97. The topological polar surface area (TPSA) is 92.6 Å². The summed E-state index contributed by atoms with van der Waals surface area (Å²) in [5.74, 6) is -1.57. The molecule has 1 saturated heterocycles. The van der Waals surface area contributed by atoms with E-state index in [1.54, 1.807) is 12.1 Å². The summed E-state index contributed by atoms with van der Waals surface area (Å²) >= 11 is 12.0. The van der Waals surface area contributed by atoms with E-state index in [0.29, 0.717) is 34.3 Å². The van der Waals surface area contributed by atoms with Gasteiger partial charge in [-0.1, -0.05) is 59.3 Å². The van der Waals surface area contributed by atoms with E-state index in [0.717, 1.165) is 0 Å². The molecule has 0 aliphatic carbocycles. The number of carboxylic acids is 1. The van der Waals surface area contributed by atoms with E-state index >= 15 is 0 Å². The van der Waals surface area contributed by atoms with Crippen LogP contribution in [0.3, 0.4) is 0 Å². The summed E-state index contributed by atoms with van der Waals surface area (Å²) in [4.78, 5) is 25.8. The Labute approximate surface area is 198 Å². The second kappa shape index (κ2) is 12.3. The van der Waals surface area contributed by atoms with Crippen LogP contribution in [0.4, 0.5) is 0 Å². The van der Waals surface area contributed by atoms with Crippen molar-refractivity contribution in [3.63, 3.8) is 0 Å². The van der Waals surface area contributed by atoms with Gasteiger partial charge in [0, 0.05) is 29.4 Å². The van der Waals surface area contributed by atoms with E-state index in [9.17, 15) is 14.7 Å². The van der Waals surface area contributed by atoms with Gasteiger partial charge in [0.2, 0.25) is 0 Å². The fourth-order valence-electron chi connectivity index (χ4n) is 3.01. The fourth-order valence-corrected chi connectivity index (χ4v) is 5.74. The maximum atomic E-state index is 12.6. The van der Waals surface area contributed by atoms with Crippen LogP contribution in [0.25, 0.3) is 0 Å². The van der Waals surface area contributed by atoms with Crippen LogP contribution in [0.15, 0.2) is 64.7 Å². The molecule has 7 nitrogen and oxygen atoms in total. The molecule has 2 unspecified atom stereocenters. The second-order valence-corrected chi connectivity index (χ2v) is 9.53. The van der Waals surface area contributed by atoms with Crippen LogP contribution in [-0.2, 0) is 14.3 Å². The molecule has 0 amide bonds. The number of hydrogen-bond donors (Lipinski definition) is 1. The Kier molecular flexibility index (Phi) is 10.1. The number of carboxylic acid groups (broad SMARTS) is 1. The summed E-state index contributed by atoms with van der Waals surface area (Å²) < 4.78 is 4.97. The van der Waals surface area contributed by atoms with Gasteiger partial charge < -0.3 is 9.84 Å². The lowest BCUT2D eigenvalue weighted by molar-refractivity contribution is -0.145. The van der Waals surface area contributed by atoms with Gasteiger partial charge in [0.1, 0.15) is 11.1 Å². The molecule has 2 atom stereocenters. The zero-order valence-electron chi connectivity index (χ0n) is 16.7. The molecule has 1 aliphatic heterocycles. The zero-order chi connectivity index (χ0) is 23.0. The number of nitrogens with zero attached hydrogens (tertiary/aromatic N) is 3. The lowest BCUT2D eigenvalue weighted by Crippen LogP contribution is -2.48. The Morgan fingerprint density at radius 1 is 1.35 bits per heavy atom. The standard InChI is InChI=1S/C20H21Cl2N3O4S2/c1-4-13(14(21)5-2)19(20(28)29-3)25-9-8-15(12(11-25)10-18(26)27)30-31-17-7-6-16(22)23-24-17/h4-7,10,15,19H,1-2,8-9,11H2,3H3,(H,26,27)/b12-10-,14-13-. The first kappa shape index (κ1) is 25.5. The maximum Gasteiger partial charge on any atom is 0.328 e. The van der Waals surface area contributed by atoms with E-state index in [1.807, 2.05) is 4.90 Å². The second-order valence-electron chi connectivity index (χ2n) is 6.32. The quantitative estimate of drug-likeness (QED) is 0.229. The first-order valence-corrected chi connectivity index (χ1v) is 12.0. The molecule has 0 aromatic carbocycles. The van der Waals surface area contributed by atoms with Crippen molar-refractivity contribution >= 4 is 56.7 Å². The minimum atomic E-state index is -1.06. The molecule has 1 aliphatic rings. The molecule has 166 valence electrons. The maximum absolute atomic E-state index is 12.6. The summed E-state index contributed by atoms with van der Waals surface area (Å²) in [5.41, 5.74) is 1.11. The number of esters is 1. The Morgan fingerprint density at radius 3 is 2.65 bits per heavy atom. The van der Waals surface area contributed by atoms with Crippen molar-refractivity contribution in [3.8, 4) is 0 Å². The number of hydrogen-bond acceptors (Lipinski definition) is 8. The monoisotopic (exact) mass is 501 g/mol. The molecule has 0 spiro atoms. The van der Waals surface area contributed by atoms with Crippen LogP contribution in [0.2, 0.25) is 5.15 Å². The van der Waals surface area contributed by atoms with E-state index in [-0.39, 0.29) is 16.8 Å². The van der Waals surface area contributed by atoms with Gasteiger partial charge in [0.05, 0.1) is 7.11 Å². The first-order valence-electron chi connectivity index (χ1n) is 9.03. The van der Waals surface area contributed by atoms with E-state index < -0.39 is 18.0 Å². The molecule has 31 heavy (non-hydrogen) atoms. The highest BCUT2D eigenvalue weighted by Crippen LogP contribution is 2.40. The van der Waals surface area contributed by atoms with Gasteiger partial charge in [-0.15, -0.1) is 10.2 Å². The molecule has 1 aromatic heterocycles. The molecular formula is C20H21Cl2N3O4S2. The highest BCUT2D eigenvalue weighted by Gasteiger charge is 2.36. The van der Waals surface area contributed by atoms with Crippen molar-refractivity contribution in [2.75, 3.05) is 20.2 Å². The minimum absolute atomic E-state index is 0.0980. The number of ether oxygens (including phenoxy) is 1. The predicted molar refractivity (Wildman–Crippen MR) is 125 cm³/mol. The molecule has 0 bridgehead atoms. The number of carbonyl (C=O) groups excluding carboxylic acids is 1. The number of aliphatic carboxylic acids is 1. The summed E-state index contributed by atoms with van der Waals surface area (Å²) in [6.07, 6.45) is 4.69. The Bertz CT molecular complexity index is 906. The van der Waals surface area contributed by atoms with Crippen molar-refractivity contribution in [3.05, 3.63) is 64.9 Å². The average Bonchev–Trinajstić information content (AvgIpc) is 2.76. The Morgan fingerprint density at radius 2 is 2.10 bits per heavy atom. The van der Waals surface area contributed by atoms with Crippen molar-refractivity contribution in [2.45, 2.75) is 22.7 Å². The highest BCUT2D eigenvalue weighted by molar-refractivity contribution is 8.77. The molecule has 2 heterocycles. The van der Waals surface area contributed by atoms with Gasteiger partial charge in [-0.05, 0) is 40.5 Å². The number of halogens is 2. The molecular weight excluding hydrogens is 481 g/mol. The van der Waals surface area contributed by atoms with Crippen LogP contribution in [-0.4, -0.2) is 63.6 Å². The van der Waals surface area contributed by atoms with Crippen LogP contribution in [0.5, 0.6) is 0 Å². The van der Waals surface area contributed by atoms with Crippen molar-refractivity contribution < 1.29 is 19.4 Å². The Hall–Kier alpha value is -1.78. The number of methoxy groups -OCH3 is 1. The number of piperidine rings is 1. The van der Waals surface area contributed by atoms with E-state index in [1.165, 1.54) is 46.9 Å². The SMILES string of the molecule is C=C/C(Cl)=C(\C=C)C(C(=O)OC)N1CCC(SSc2ccc(Cl)nn2)/C(=C\C(=O)O)C1. The largest absolute Gasteiger partial charge is 0.478 e. The molecule has 0 saturated carbocycles. The van der Waals surface area contributed by atoms with Gasteiger partial charge in [-0.3, -0.25) is 4.90 Å². The van der Waals surface area contributed by atoms with E-state index in [2.05, 4.69) is 23.4 Å². The predicted octanol–water partition coefficient (Wildman–Crippen LogP) is 4.36. The first-order chi connectivity index (χ1) is 14.8. The van der Waals surface area contributed by atoms with Crippen LogP contribution >= 0.6 is 44.8 Å².